The van der Waals surface area contributed by atoms with Crippen LogP contribution in [0.4, 0.5) is 5.69 Å². The Kier molecular flexibility index (Phi) is 3.64. The lowest BCUT2D eigenvalue weighted by Crippen LogP contribution is -2.46. The number of carbonyl (C=O) groups is 1. The molecule has 96 valence electrons. The predicted molar refractivity (Wildman–Crippen MR) is 78.6 cm³/mol. The van der Waals surface area contributed by atoms with E-state index < -0.39 is 5.97 Å². The number of para-hydroxylation sites is 1. The molecule has 2 rings (SSSR count). The lowest BCUT2D eigenvalue weighted by Gasteiger charge is -2.40. The number of carboxylic acid groups (broad SMARTS) is 1. The summed E-state index contributed by atoms with van der Waals surface area (Å²) in [5, 5.41) is 8.83. The van der Waals surface area contributed by atoms with Crippen LogP contribution in [0.5, 0.6) is 0 Å². The Bertz CT molecular complexity index is 500. The average molecular weight is 281 g/mol. The van der Waals surface area contributed by atoms with Crippen LogP contribution in [-0.4, -0.2) is 27.4 Å². The molecule has 5 heteroatoms. The molecule has 1 aromatic carbocycles. The molecule has 18 heavy (non-hydrogen) atoms. The Labute approximate surface area is 116 Å². The fraction of sp³-hybridized carbons (Fsp3) is 0.385. The molecular weight excluding hydrogens is 266 g/mol. The van der Waals surface area contributed by atoms with Crippen molar-refractivity contribution in [1.82, 2.24) is 0 Å². The zero-order valence-corrected chi connectivity index (χ0v) is 12.0. The van der Waals surface area contributed by atoms with Gasteiger partial charge in [-0.3, -0.25) is 4.79 Å². The number of hydrogen-bond donors (Lipinski definition) is 1. The number of benzene rings is 1. The van der Waals surface area contributed by atoms with Gasteiger partial charge in [0.05, 0.1) is 21.8 Å². The van der Waals surface area contributed by atoms with Gasteiger partial charge < -0.3 is 10.0 Å². The van der Waals surface area contributed by atoms with Gasteiger partial charge in [0.25, 0.3) is 0 Å². The Morgan fingerprint density at radius 2 is 2.11 bits per heavy atom. The second kappa shape index (κ2) is 4.90. The van der Waals surface area contributed by atoms with Crippen LogP contribution in [0.15, 0.2) is 29.2 Å². The van der Waals surface area contributed by atoms with Gasteiger partial charge in [0.1, 0.15) is 0 Å². The number of nitrogens with zero attached hydrogens (tertiary/aromatic N) is 1. The topological polar surface area (TPSA) is 40.5 Å². The van der Waals surface area contributed by atoms with Crippen molar-refractivity contribution in [2.45, 2.75) is 29.9 Å². The van der Waals surface area contributed by atoms with E-state index in [0.717, 1.165) is 15.6 Å². The van der Waals surface area contributed by atoms with Gasteiger partial charge in [0.2, 0.25) is 0 Å². The minimum absolute atomic E-state index is 0.0925. The van der Waals surface area contributed by atoms with Crippen molar-refractivity contribution in [3.63, 3.8) is 0 Å². The van der Waals surface area contributed by atoms with E-state index in [4.69, 9.17) is 17.3 Å². The average Bonchev–Trinajstić information content (AvgIpc) is 2.29. The van der Waals surface area contributed by atoms with Crippen LogP contribution in [0.2, 0.25) is 0 Å². The van der Waals surface area contributed by atoms with Crippen LogP contribution in [0.1, 0.15) is 20.3 Å². The van der Waals surface area contributed by atoms with Crippen LogP contribution in [0.25, 0.3) is 0 Å². The minimum atomic E-state index is -0.800. The molecule has 0 bridgehead atoms. The van der Waals surface area contributed by atoms with Crippen molar-refractivity contribution in [2.75, 3.05) is 11.4 Å². The van der Waals surface area contributed by atoms with Crippen molar-refractivity contribution in [1.29, 1.82) is 0 Å². The molecule has 0 unspecified atom stereocenters. The summed E-state index contributed by atoms with van der Waals surface area (Å²) >= 11 is 7.23. The molecule has 0 saturated heterocycles. The van der Waals surface area contributed by atoms with E-state index in [1.807, 2.05) is 23.1 Å². The zero-order chi connectivity index (χ0) is 13.3. The molecule has 0 atom stereocenters. The number of aliphatic carboxylic acids is 1. The summed E-state index contributed by atoms with van der Waals surface area (Å²) in [4.78, 5) is 14.7. The number of thiocarbonyl (C=S) groups is 1. The highest BCUT2D eigenvalue weighted by atomic mass is 32.2. The van der Waals surface area contributed by atoms with Crippen molar-refractivity contribution in [3.8, 4) is 0 Å². The van der Waals surface area contributed by atoms with Crippen molar-refractivity contribution >= 4 is 40.6 Å². The first-order chi connectivity index (χ1) is 8.42. The fourth-order valence-corrected chi connectivity index (χ4v) is 3.44. The van der Waals surface area contributed by atoms with E-state index in [2.05, 4.69) is 19.9 Å². The van der Waals surface area contributed by atoms with Crippen molar-refractivity contribution in [2.24, 2.45) is 0 Å². The monoisotopic (exact) mass is 281 g/mol. The quantitative estimate of drug-likeness (QED) is 0.862. The largest absolute Gasteiger partial charge is 0.481 e. The first-order valence-corrected chi connectivity index (χ1v) is 6.96. The summed E-state index contributed by atoms with van der Waals surface area (Å²) in [6, 6.07) is 7.99. The molecular formula is C13H15NO2S2. The molecule has 0 fully saturated rings. The summed E-state index contributed by atoms with van der Waals surface area (Å²) in [6.07, 6.45) is 0.0925. The van der Waals surface area contributed by atoms with Gasteiger partial charge in [0.15, 0.2) is 0 Å². The highest BCUT2D eigenvalue weighted by Gasteiger charge is 2.36. The van der Waals surface area contributed by atoms with E-state index in [1.54, 1.807) is 11.8 Å². The molecule has 1 aromatic rings. The van der Waals surface area contributed by atoms with Gasteiger partial charge >= 0.3 is 5.97 Å². The van der Waals surface area contributed by atoms with Gasteiger partial charge in [-0.05, 0) is 26.0 Å². The van der Waals surface area contributed by atoms with E-state index in [0.29, 0.717) is 6.54 Å². The Hall–Kier alpha value is -1.07. The van der Waals surface area contributed by atoms with E-state index in [-0.39, 0.29) is 11.2 Å². The van der Waals surface area contributed by atoms with Crippen LogP contribution in [0, 0.1) is 0 Å². The Balaban J connectivity index is 2.36. The number of carboxylic acids is 1. The zero-order valence-electron chi connectivity index (χ0n) is 10.3. The normalized spacial score (nSPS) is 17.4. The Morgan fingerprint density at radius 1 is 1.44 bits per heavy atom. The van der Waals surface area contributed by atoms with Crippen molar-refractivity contribution < 1.29 is 9.90 Å². The first kappa shape index (κ1) is 13.4. The third-order valence-electron chi connectivity index (χ3n) is 2.83. The maximum Gasteiger partial charge on any atom is 0.305 e. The van der Waals surface area contributed by atoms with Crippen LogP contribution in [-0.2, 0) is 4.79 Å². The molecule has 0 radical (unpaired) electrons. The summed E-state index contributed by atoms with van der Waals surface area (Å²) in [7, 11) is 0. The van der Waals surface area contributed by atoms with E-state index >= 15 is 0 Å². The Morgan fingerprint density at radius 3 is 2.78 bits per heavy atom. The highest BCUT2D eigenvalue weighted by molar-refractivity contribution is 8.03. The number of thioether (sulfide) groups is 1. The summed E-state index contributed by atoms with van der Waals surface area (Å²) in [5.74, 6) is -0.800. The van der Waals surface area contributed by atoms with Gasteiger partial charge in [-0.2, -0.15) is 0 Å². The molecule has 1 aliphatic heterocycles. The van der Waals surface area contributed by atoms with Gasteiger partial charge in [-0.25, -0.2) is 0 Å². The van der Waals surface area contributed by atoms with Gasteiger partial charge in [0, 0.05) is 11.4 Å². The van der Waals surface area contributed by atoms with Gasteiger partial charge in [-0.1, -0.05) is 24.4 Å². The third kappa shape index (κ3) is 2.52. The number of hydrogen-bond acceptors (Lipinski definition) is 3. The molecule has 0 aliphatic carbocycles. The van der Waals surface area contributed by atoms with Gasteiger partial charge in [-0.15, -0.1) is 11.8 Å². The number of rotatable bonds is 3. The standard InChI is InChI=1S/C13H15NO2S2/c1-13(2)12(17)14(8-7-11(15)16)9-5-3-4-6-10(9)18-13/h3-6H,7-8H2,1-2H3,(H,15,16). The second-order valence-corrected chi connectivity index (χ2v) is 6.73. The molecule has 3 nitrogen and oxygen atoms in total. The summed E-state index contributed by atoms with van der Waals surface area (Å²) < 4.78 is -0.178. The maximum absolute atomic E-state index is 10.7. The summed E-state index contributed by atoms with van der Waals surface area (Å²) in [5.41, 5.74) is 1.02. The molecule has 1 heterocycles. The maximum atomic E-state index is 10.7. The van der Waals surface area contributed by atoms with Crippen LogP contribution < -0.4 is 4.90 Å². The minimum Gasteiger partial charge on any atom is -0.481 e. The molecule has 0 amide bonds. The highest BCUT2D eigenvalue weighted by Crippen LogP contribution is 2.45. The van der Waals surface area contributed by atoms with Crippen LogP contribution in [0.3, 0.4) is 0 Å². The number of anilines is 1. The lowest BCUT2D eigenvalue weighted by atomic mass is 10.1. The SMILES string of the molecule is CC1(C)Sc2ccccc2N(CCC(=O)O)C1=S. The molecule has 0 aromatic heterocycles. The van der Waals surface area contributed by atoms with E-state index in [1.165, 1.54) is 0 Å². The second-order valence-electron chi connectivity index (χ2n) is 4.68. The fourth-order valence-electron chi connectivity index (χ4n) is 1.95. The lowest BCUT2D eigenvalue weighted by molar-refractivity contribution is -0.136. The van der Waals surface area contributed by atoms with Crippen molar-refractivity contribution in [3.05, 3.63) is 24.3 Å². The third-order valence-corrected chi connectivity index (χ3v) is 4.96. The molecule has 1 aliphatic rings. The molecule has 1 N–H and O–H groups in total. The smallest absolute Gasteiger partial charge is 0.305 e. The van der Waals surface area contributed by atoms with E-state index in [9.17, 15) is 4.79 Å². The number of fused-ring (bicyclic) bond motifs is 1. The van der Waals surface area contributed by atoms with Crippen LogP contribution >= 0.6 is 24.0 Å². The first-order valence-electron chi connectivity index (χ1n) is 5.73. The predicted octanol–water partition coefficient (Wildman–Crippen LogP) is 3.18. The summed E-state index contributed by atoms with van der Waals surface area (Å²) in [6.45, 7) is 4.57. The molecule has 0 spiro atoms. The molecule has 0 saturated carbocycles.